The standard InChI is InChI=1S/C25H49NO6/c1-19(29-14-22-7-5-21(6-8-22)13-27-3)30-15-23-9-11-24(12-10-23)16-31-20(2)32-18-25(26)17-28-4/h19-25H,5-18,26H2,1-4H3. The molecule has 2 rings (SSSR count). The van der Waals surface area contributed by atoms with Crippen LogP contribution < -0.4 is 5.73 Å². The molecule has 3 atom stereocenters. The Labute approximate surface area is 196 Å². The smallest absolute Gasteiger partial charge is 0.154 e. The summed E-state index contributed by atoms with van der Waals surface area (Å²) in [4.78, 5) is 0. The van der Waals surface area contributed by atoms with E-state index in [1.54, 1.807) is 14.2 Å². The third-order valence-electron chi connectivity index (χ3n) is 6.96. The molecule has 0 aromatic heterocycles. The average molecular weight is 460 g/mol. The highest BCUT2D eigenvalue weighted by Gasteiger charge is 2.24. The largest absolute Gasteiger partial charge is 0.384 e. The van der Waals surface area contributed by atoms with E-state index < -0.39 is 0 Å². The normalized spacial score (nSPS) is 29.5. The quantitative estimate of drug-likeness (QED) is 0.350. The molecule has 2 N–H and O–H groups in total. The SMILES string of the molecule is COCC(N)COC(C)OCC1CCC(COC(C)OCC2CCC(COC)CC2)CC1. The van der Waals surface area contributed by atoms with Crippen LogP contribution in [0.4, 0.5) is 0 Å². The molecule has 190 valence electrons. The van der Waals surface area contributed by atoms with Crippen LogP contribution in [0.1, 0.15) is 65.2 Å². The lowest BCUT2D eigenvalue weighted by Crippen LogP contribution is -2.33. The lowest BCUT2D eigenvalue weighted by molar-refractivity contribution is -0.155. The third-order valence-corrected chi connectivity index (χ3v) is 6.96. The van der Waals surface area contributed by atoms with Crippen molar-refractivity contribution in [2.75, 3.05) is 53.9 Å². The van der Waals surface area contributed by atoms with Gasteiger partial charge in [-0.25, -0.2) is 0 Å². The average Bonchev–Trinajstić information content (AvgIpc) is 2.80. The molecule has 2 fully saturated rings. The summed E-state index contributed by atoms with van der Waals surface area (Å²) in [7, 11) is 3.44. The zero-order valence-electron chi connectivity index (χ0n) is 21.0. The predicted molar refractivity (Wildman–Crippen MR) is 125 cm³/mol. The van der Waals surface area contributed by atoms with E-state index in [4.69, 9.17) is 34.2 Å². The van der Waals surface area contributed by atoms with Crippen molar-refractivity contribution in [3.63, 3.8) is 0 Å². The molecule has 32 heavy (non-hydrogen) atoms. The van der Waals surface area contributed by atoms with Gasteiger partial charge in [-0.2, -0.15) is 0 Å². The molecule has 0 aromatic rings. The number of methoxy groups -OCH3 is 2. The Morgan fingerprint density at radius 3 is 1.31 bits per heavy atom. The van der Waals surface area contributed by atoms with Gasteiger partial charge in [0.1, 0.15) is 0 Å². The van der Waals surface area contributed by atoms with Gasteiger partial charge in [-0.05, 0) is 88.9 Å². The van der Waals surface area contributed by atoms with Gasteiger partial charge >= 0.3 is 0 Å². The van der Waals surface area contributed by atoms with Crippen LogP contribution in [0.3, 0.4) is 0 Å². The van der Waals surface area contributed by atoms with E-state index in [-0.39, 0.29) is 18.6 Å². The molecular weight excluding hydrogens is 410 g/mol. The van der Waals surface area contributed by atoms with Crippen molar-refractivity contribution in [2.24, 2.45) is 29.4 Å². The first-order valence-electron chi connectivity index (χ1n) is 12.7. The first-order valence-corrected chi connectivity index (χ1v) is 12.7. The summed E-state index contributed by atoms with van der Waals surface area (Å²) < 4.78 is 33.9. The second-order valence-electron chi connectivity index (χ2n) is 9.91. The summed E-state index contributed by atoms with van der Waals surface area (Å²) in [6.45, 7) is 8.19. The topological polar surface area (TPSA) is 81.4 Å². The molecule has 2 aliphatic rings. The number of nitrogens with two attached hydrogens (primary N) is 1. The van der Waals surface area contributed by atoms with Crippen LogP contribution in [-0.4, -0.2) is 72.5 Å². The van der Waals surface area contributed by atoms with Crippen LogP contribution in [0.5, 0.6) is 0 Å². The molecule has 0 bridgehead atoms. The Balaban J connectivity index is 1.47. The van der Waals surface area contributed by atoms with Crippen LogP contribution >= 0.6 is 0 Å². The van der Waals surface area contributed by atoms with Crippen molar-refractivity contribution in [3.05, 3.63) is 0 Å². The van der Waals surface area contributed by atoms with Gasteiger partial charge in [-0.15, -0.1) is 0 Å². The number of hydrogen-bond acceptors (Lipinski definition) is 7. The molecule has 7 nitrogen and oxygen atoms in total. The van der Waals surface area contributed by atoms with E-state index in [0.29, 0.717) is 31.0 Å². The Hall–Kier alpha value is -0.280. The van der Waals surface area contributed by atoms with E-state index in [9.17, 15) is 0 Å². The van der Waals surface area contributed by atoms with Gasteiger partial charge in [-0.3, -0.25) is 0 Å². The molecule has 0 spiro atoms. The van der Waals surface area contributed by atoms with Gasteiger partial charge < -0.3 is 34.2 Å². The van der Waals surface area contributed by atoms with E-state index in [2.05, 4.69) is 0 Å². The molecular formula is C25H49NO6. The van der Waals surface area contributed by atoms with Crippen molar-refractivity contribution in [3.8, 4) is 0 Å². The van der Waals surface area contributed by atoms with Crippen molar-refractivity contribution in [2.45, 2.75) is 83.8 Å². The lowest BCUT2D eigenvalue weighted by atomic mass is 9.83. The third kappa shape index (κ3) is 11.7. The zero-order valence-corrected chi connectivity index (χ0v) is 21.0. The maximum atomic E-state index is 6.02. The molecule has 2 aliphatic carbocycles. The first kappa shape index (κ1) is 28.0. The van der Waals surface area contributed by atoms with Gasteiger partial charge in [0.2, 0.25) is 0 Å². The lowest BCUT2D eigenvalue weighted by Gasteiger charge is -2.31. The Kier molecular flexibility index (Phi) is 14.3. The minimum absolute atomic E-state index is 0.108. The minimum Gasteiger partial charge on any atom is -0.384 e. The fourth-order valence-electron chi connectivity index (χ4n) is 4.80. The van der Waals surface area contributed by atoms with Crippen molar-refractivity contribution < 1.29 is 28.4 Å². The molecule has 0 saturated heterocycles. The predicted octanol–water partition coefficient (Wildman–Crippen LogP) is 3.98. The summed E-state index contributed by atoms with van der Waals surface area (Å²) in [5.74, 6) is 2.64. The number of ether oxygens (including phenoxy) is 6. The molecule has 0 aliphatic heterocycles. The van der Waals surface area contributed by atoms with Crippen LogP contribution in [0, 0.1) is 23.7 Å². The maximum absolute atomic E-state index is 6.02. The summed E-state index contributed by atoms with van der Waals surface area (Å²) in [6.07, 6.45) is 9.42. The molecule has 7 heteroatoms. The Bertz CT molecular complexity index is 452. The molecule has 0 radical (unpaired) electrons. The second-order valence-corrected chi connectivity index (χ2v) is 9.91. The van der Waals surface area contributed by atoms with Gasteiger partial charge in [0.25, 0.3) is 0 Å². The number of hydrogen-bond donors (Lipinski definition) is 1. The zero-order chi connectivity index (χ0) is 23.2. The van der Waals surface area contributed by atoms with E-state index in [1.165, 1.54) is 51.4 Å². The van der Waals surface area contributed by atoms with Crippen LogP contribution in [-0.2, 0) is 28.4 Å². The van der Waals surface area contributed by atoms with Gasteiger partial charge in [0, 0.05) is 20.8 Å². The van der Waals surface area contributed by atoms with Crippen LogP contribution in [0.15, 0.2) is 0 Å². The van der Waals surface area contributed by atoms with Gasteiger partial charge in [0.15, 0.2) is 12.6 Å². The fraction of sp³-hybridized carbons (Fsp3) is 1.00. The summed E-state index contributed by atoms with van der Waals surface area (Å²) in [5.41, 5.74) is 5.88. The first-order chi connectivity index (χ1) is 15.5. The van der Waals surface area contributed by atoms with Crippen LogP contribution in [0.25, 0.3) is 0 Å². The molecule has 3 unspecified atom stereocenters. The summed E-state index contributed by atoms with van der Waals surface area (Å²) in [5, 5.41) is 0. The second kappa shape index (κ2) is 16.4. The summed E-state index contributed by atoms with van der Waals surface area (Å²) in [6, 6.07) is -0.108. The van der Waals surface area contributed by atoms with Crippen molar-refractivity contribution >= 4 is 0 Å². The van der Waals surface area contributed by atoms with Crippen molar-refractivity contribution in [1.82, 2.24) is 0 Å². The maximum Gasteiger partial charge on any atom is 0.154 e. The van der Waals surface area contributed by atoms with Gasteiger partial charge in [0.05, 0.1) is 39.1 Å². The minimum atomic E-state index is -0.230. The highest BCUT2D eigenvalue weighted by molar-refractivity contribution is 4.73. The number of rotatable bonds is 16. The summed E-state index contributed by atoms with van der Waals surface area (Å²) >= 11 is 0. The highest BCUT2D eigenvalue weighted by Crippen LogP contribution is 2.31. The molecule has 0 heterocycles. The van der Waals surface area contributed by atoms with E-state index in [0.717, 1.165) is 32.3 Å². The van der Waals surface area contributed by atoms with E-state index >= 15 is 0 Å². The molecule has 0 amide bonds. The Morgan fingerprint density at radius 1 is 0.562 bits per heavy atom. The van der Waals surface area contributed by atoms with Crippen molar-refractivity contribution in [1.29, 1.82) is 0 Å². The molecule has 0 aromatic carbocycles. The molecule has 2 saturated carbocycles. The highest BCUT2D eigenvalue weighted by atomic mass is 16.7. The van der Waals surface area contributed by atoms with E-state index in [1.807, 2.05) is 13.8 Å². The van der Waals surface area contributed by atoms with Gasteiger partial charge in [-0.1, -0.05) is 0 Å². The Morgan fingerprint density at radius 2 is 0.938 bits per heavy atom. The monoisotopic (exact) mass is 459 g/mol. The fourth-order valence-corrected chi connectivity index (χ4v) is 4.80. The van der Waals surface area contributed by atoms with Crippen LogP contribution in [0.2, 0.25) is 0 Å².